The molecule has 0 spiro atoms. The van der Waals surface area contributed by atoms with Gasteiger partial charge in [0.05, 0.1) is 5.97 Å². The van der Waals surface area contributed by atoms with E-state index in [2.05, 4.69) is 10.6 Å². The first kappa shape index (κ1) is 17.9. The van der Waals surface area contributed by atoms with Crippen molar-refractivity contribution in [1.29, 1.82) is 0 Å². The average Bonchev–Trinajstić information content (AvgIpc) is 2.58. The number of hydrogen-bond acceptors (Lipinski definition) is 4. The molecule has 0 heterocycles. The molecule has 0 aliphatic carbocycles. The third kappa shape index (κ3) is 5.04. The van der Waals surface area contributed by atoms with Crippen molar-refractivity contribution in [2.24, 2.45) is 0 Å². The normalized spacial score (nSPS) is 10.5. The standard InChI is InChI=1S/C19H18N2O4/c1-12-4-3-5-16(13(12)2)21-19(25)14-6-8-15(9-7-14)20-17(22)10-11-18(23)24/h3-11H,1-2H3,(H,20,22)(H,21,25)(H,23,24)/p-1/b11-10-. The van der Waals surface area contributed by atoms with Gasteiger partial charge in [-0.2, -0.15) is 0 Å². The van der Waals surface area contributed by atoms with Gasteiger partial charge in [-0.15, -0.1) is 0 Å². The van der Waals surface area contributed by atoms with Gasteiger partial charge in [0.1, 0.15) is 0 Å². The highest BCUT2D eigenvalue weighted by molar-refractivity contribution is 6.05. The molecule has 0 saturated carbocycles. The zero-order valence-electron chi connectivity index (χ0n) is 13.8. The van der Waals surface area contributed by atoms with E-state index in [4.69, 9.17) is 0 Å². The average molecular weight is 337 g/mol. The van der Waals surface area contributed by atoms with E-state index in [9.17, 15) is 19.5 Å². The number of hydrogen-bond donors (Lipinski definition) is 2. The Balaban J connectivity index is 2.04. The second-order valence-electron chi connectivity index (χ2n) is 5.42. The first-order valence-electron chi connectivity index (χ1n) is 7.54. The molecule has 6 nitrogen and oxygen atoms in total. The Morgan fingerprint density at radius 3 is 2.24 bits per heavy atom. The molecular weight excluding hydrogens is 320 g/mol. The molecule has 0 aliphatic heterocycles. The molecule has 128 valence electrons. The fourth-order valence-corrected chi connectivity index (χ4v) is 2.11. The highest BCUT2D eigenvalue weighted by atomic mass is 16.4. The van der Waals surface area contributed by atoms with E-state index in [0.717, 1.165) is 22.9 Å². The summed E-state index contributed by atoms with van der Waals surface area (Å²) in [6, 6.07) is 11.9. The molecule has 2 amide bonds. The van der Waals surface area contributed by atoms with Crippen molar-refractivity contribution in [3.05, 3.63) is 71.3 Å². The Morgan fingerprint density at radius 1 is 0.920 bits per heavy atom. The summed E-state index contributed by atoms with van der Waals surface area (Å²) < 4.78 is 0. The predicted molar refractivity (Wildman–Crippen MR) is 93.1 cm³/mol. The topological polar surface area (TPSA) is 98.3 Å². The van der Waals surface area contributed by atoms with E-state index >= 15 is 0 Å². The van der Waals surface area contributed by atoms with Crippen molar-refractivity contribution >= 4 is 29.2 Å². The van der Waals surface area contributed by atoms with Gasteiger partial charge < -0.3 is 20.5 Å². The van der Waals surface area contributed by atoms with Gasteiger partial charge in [-0.25, -0.2) is 0 Å². The number of anilines is 2. The first-order chi connectivity index (χ1) is 11.9. The minimum absolute atomic E-state index is 0.261. The van der Waals surface area contributed by atoms with E-state index in [1.54, 1.807) is 24.3 Å². The van der Waals surface area contributed by atoms with Gasteiger partial charge in [0.2, 0.25) is 5.91 Å². The van der Waals surface area contributed by atoms with Crippen molar-refractivity contribution in [3.8, 4) is 0 Å². The Morgan fingerprint density at radius 2 is 1.60 bits per heavy atom. The Labute approximate surface area is 145 Å². The maximum atomic E-state index is 12.3. The quantitative estimate of drug-likeness (QED) is 0.813. The van der Waals surface area contributed by atoms with Crippen LogP contribution in [0.5, 0.6) is 0 Å². The molecule has 25 heavy (non-hydrogen) atoms. The summed E-state index contributed by atoms with van der Waals surface area (Å²) in [5.74, 6) is -2.31. The number of carbonyl (C=O) groups is 3. The number of aliphatic carboxylic acids is 1. The molecule has 0 atom stereocenters. The first-order valence-corrected chi connectivity index (χ1v) is 7.54. The van der Waals surface area contributed by atoms with Gasteiger partial charge in [-0.05, 0) is 61.4 Å². The lowest BCUT2D eigenvalue weighted by molar-refractivity contribution is -0.297. The van der Waals surface area contributed by atoms with E-state index in [1.807, 2.05) is 32.0 Å². The number of benzene rings is 2. The van der Waals surface area contributed by atoms with E-state index in [0.29, 0.717) is 17.3 Å². The van der Waals surface area contributed by atoms with Gasteiger partial charge in [-0.1, -0.05) is 12.1 Å². The smallest absolute Gasteiger partial charge is 0.255 e. The van der Waals surface area contributed by atoms with Gasteiger partial charge in [-0.3, -0.25) is 9.59 Å². The molecule has 2 rings (SSSR count). The zero-order valence-corrected chi connectivity index (χ0v) is 13.8. The number of carboxylic acid groups (broad SMARTS) is 1. The van der Waals surface area contributed by atoms with Crippen LogP contribution in [0.3, 0.4) is 0 Å². The van der Waals surface area contributed by atoms with Crippen LogP contribution in [0.25, 0.3) is 0 Å². The van der Waals surface area contributed by atoms with Crippen molar-refractivity contribution in [1.82, 2.24) is 0 Å². The summed E-state index contributed by atoms with van der Waals surface area (Å²) in [5, 5.41) is 15.6. The molecule has 0 fully saturated rings. The Kier molecular flexibility index (Phi) is 5.68. The lowest BCUT2D eigenvalue weighted by Crippen LogP contribution is -2.20. The monoisotopic (exact) mass is 337 g/mol. The van der Waals surface area contributed by atoms with E-state index < -0.39 is 11.9 Å². The minimum Gasteiger partial charge on any atom is -0.545 e. The van der Waals surface area contributed by atoms with Crippen molar-refractivity contribution in [2.75, 3.05) is 10.6 Å². The van der Waals surface area contributed by atoms with Gasteiger partial charge in [0.25, 0.3) is 5.91 Å². The second-order valence-corrected chi connectivity index (χ2v) is 5.42. The molecule has 6 heteroatoms. The number of amides is 2. The summed E-state index contributed by atoms with van der Waals surface area (Å²) in [6.07, 6.45) is 1.50. The largest absolute Gasteiger partial charge is 0.545 e. The molecule has 0 aromatic heterocycles. The van der Waals surface area contributed by atoms with Crippen molar-refractivity contribution < 1.29 is 19.5 Å². The minimum atomic E-state index is -1.45. The molecular formula is C19H17N2O4-. The van der Waals surface area contributed by atoms with Crippen LogP contribution in [0.15, 0.2) is 54.6 Å². The van der Waals surface area contributed by atoms with Crippen LogP contribution in [0.1, 0.15) is 21.5 Å². The third-order valence-corrected chi connectivity index (χ3v) is 3.64. The predicted octanol–water partition coefficient (Wildman–Crippen LogP) is 1.80. The summed E-state index contributed by atoms with van der Waals surface area (Å²) in [6.45, 7) is 3.90. The molecule has 2 aromatic rings. The second kappa shape index (κ2) is 7.92. The van der Waals surface area contributed by atoms with Gasteiger partial charge in [0.15, 0.2) is 0 Å². The lowest BCUT2D eigenvalue weighted by Gasteiger charge is -2.10. The molecule has 2 N–H and O–H groups in total. The van der Waals surface area contributed by atoms with Crippen molar-refractivity contribution in [3.63, 3.8) is 0 Å². The SMILES string of the molecule is Cc1cccc(NC(=O)c2ccc(NC(=O)/C=C\C(=O)[O-])cc2)c1C. The lowest BCUT2D eigenvalue weighted by atomic mass is 10.1. The number of aryl methyl sites for hydroxylation is 1. The Hall–Kier alpha value is -3.41. The molecule has 0 unspecified atom stereocenters. The zero-order chi connectivity index (χ0) is 18.4. The molecule has 0 bridgehead atoms. The fraction of sp³-hybridized carbons (Fsp3) is 0.105. The fourth-order valence-electron chi connectivity index (χ4n) is 2.11. The molecule has 0 aliphatic rings. The van der Waals surface area contributed by atoms with E-state index in [1.165, 1.54) is 0 Å². The molecule has 0 radical (unpaired) electrons. The van der Waals surface area contributed by atoms with Crippen LogP contribution in [0, 0.1) is 13.8 Å². The van der Waals surface area contributed by atoms with E-state index in [-0.39, 0.29) is 5.91 Å². The van der Waals surface area contributed by atoms with Crippen molar-refractivity contribution in [2.45, 2.75) is 13.8 Å². The van der Waals surface area contributed by atoms with Crippen LogP contribution < -0.4 is 15.7 Å². The molecule has 0 saturated heterocycles. The van der Waals surface area contributed by atoms with Crippen LogP contribution >= 0.6 is 0 Å². The molecule has 2 aromatic carbocycles. The Bertz CT molecular complexity index is 839. The number of nitrogens with one attached hydrogen (secondary N) is 2. The summed E-state index contributed by atoms with van der Waals surface area (Å²) in [7, 11) is 0. The van der Waals surface area contributed by atoms with Gasteiger partial charge in [0, 0.05) is 23.0 Å². The van der Waals surface area contributed by atoms with Crippen LogP contribution in [0.4, 0.5) is 11.4 Å². The summed E-state index contributed by atoms with van der Waals surface area (Å²) in [4.78, 5) is 34.0. The maximum absolute atomic E-state index is 12.3. The van der Waals surface area contributed by atoms with Crippen LogP contribution in [0.2, 0.25) is 0 Å². The highest BCUT2D eigenvalue weighted by Gasteiger charge is 2.09. The number of carbonyl (C=O) groups excluding carboxylic acids is 3. The maximum Gasteiger partial charge on any atom is 0.255 e. The highest BCUT2D eigenvalue weighted by Crippen LogP contribution is 2.19. The van der Waals surface area contributed by atoms with Gasteiger partial charge >= 0.3 is 0 Å². The number of carboxylic acids is 1. The third-order valence-electron chi connectivity index (χ3n) is 3.64. The van der Waals surface area contributed by atoms with Crippen LogP contribution in [-0.4, -0.2) is 17.8 Å². The summed E-state index contributed by atoms with van der Waals surface area (Å²) >= 11 is 0. The summed E-state index contributed by atoms with van der Waals surface area (Å²) in [5.41, 5.74) is 3.70. The number of rotatable bonds is 5. The van der Waals surface area contributed by atoms with Crippen LogP contribution in [-0.2, 0) is 9.59 Å².